The van der Waals surface area contributed by atoms with E-state index in [0.29, 0.717) is 16.7 Å². The van der Waals surface area contributed by atoms with Crippen molar-refractivity contribution in [3.8, 4) is 5.69 Å². The molecule has 0 radical (unpaired) electrons. The van der Waals surface area contributed by atoms with Gasteiger partial charge in [-0.3, -0.25) is 4.79 Å². The zero-order valence-corrected chi connectivity index (χ0v) is 13.8. The van der Waals surface area contributed by atoms with Crippen LogP contribution < -0.4 is 5.56 Å². The van der Waals surface area contributed by atoms with Crippen molar-refractivity contribution in [1.82, 2.24) is 30.2 Å². The van der Waals surface area contributed by atoms with Gasteiger partial charge < -0.3 is 4.98 Å². The number of rotatable bonds is 4. The second kappa shape index (κ2) is 6.33. The molecule has 0 fully saturated rings. The minimum atomic E-state index is -0.155. The number of aromatic nitrogens is 6. The van der Waals surface area contributed by atoms with Crippen molar-refractivity contribution in [3.63, 3.8) is 0 Å². The summed E-state index contributed by atoms with van der Waals surface area (Å²) in [4.78, 5) is 18.7. The highest BCUT2D eigenvalue weighted by molar-refractivity contribution is 7.99. The SMILES string of the molecule is Cc1ccc(-n2nnnc2S[C@H](C)c2nc(C)cc(=O)[nH]2)cc1. The van der Waals surface area contributed by atoms with Crippen LogP contribution in [0, 0.1) is 13.8 Å². The van der Waals surface area contributed by atoms with Crippen molar-refractivity contribution >= 4 is 11.8 Å². The van der Waals surface area contributed by atoms with Gasteiger partial charge in [-0.25, -0.2) is 4.98 Å². The maximum absolute atomic E-state index is 11.6. The minimum Gasteiger partial charge on any atom is -0.310 e. The van der Waals surface area contributed by atoms with Crippen molar-refractivity contribution in [2.24, 2.45) is 0 Å². The van der Waals surface area contributed by atoms with Crippen LogP contribution in [0.5, 0.6) is 0 Å². The number of tetrazole rings is 1. The summed E-state index contributed by atoms with van der Waals surface area (Å²) in [5.41, 5.74) is 2.60. The van der Waals surface area contributed by atoms with Gasteiger partial charge >= 0.3 is 0 Å². The molecule has 0 saturated heterocycles. The van der Waals surface area contributed by atoms with Gasteiger partial charge in [-0.15, -0.1) is 5.10 Å². The van der Waals surface area contributed by atoms with Gasteiger partial charge in [0.05, 0.1) is 10.9 Å². The van der Waals surface area contributed by atoms with Gasteiger partial charge in [0, 0.05) is 11.8 Å². The summed E-state index contributed by atoms with van der Waals surface area (Å²) < 4.78 is 1.68. The van der Waals surface area contributed by atoms with Crippen molar-refractivity contribution in [1.29, 1.82) is 0 Å². The lowest BCUT2D eigenvalue weighted by Gasteiger charge is -2.10. The zero-order chi connectivity index (χ0) is 16.4. The monoisotopic (exact) mass is 328 g/mol. The van der Waals surface area contributed by atoms with Crippen LogP contribution in [-0.4, -0.2) is 30.2 Å². The Labute approximate surface area is 137 Å². The third-order valence-corrected chi connectivity index (χ3v) is 4.32. The standard InChI is InChI=1S/C15H16N6OS/c1-9-4-6-12(7-5-9)21-15(18-19-20-21)23-11(3)14-16-10(2)8-13(22)17-14/h4-8,11H,1-3H3,(H,16,17,22)/t11-/m1/s1. The lowest BCUT2D eigenvalue weighted by molar-refractivity contribution is 0.753. The maximum atomic E-state index is 11.6. The predicted octanol–water partition coefficient (Wildman–Crippen LogP) is 2.22. The number of hydrogen-bond acceptors (Lipinski definition) is 6. The molecule has 2 heterocycles. The molecule has 3 rings (SSSR count). The molecular weight excluding hydrogens is 312 g/mol. The van der Waals surface area contributed by atoms with E-state index in [9.17, 15) is 4.79 Å². The average molecular weight is 328 g/mol. The summed E-state index contributed by atoms with van der Waals surface area (Å²) >= 11 is 1.44. The fraction of sp³-hybridized carbons (Fsp3) is 0.267. The molecule has 8 heteroatoms. The van der Waals surface area contributed by atoms with Crippen LogP contribution in [0.25, 0.3) is 5.69 Å². The van der Waals surface area contributed by atoms with Gasteiger partial charge in [0.2, 0.25) is 5.16 Å². The molecule has 7 nitrogen and oxygen atoms in total. The molecule has 0 amide bonds. The van der Waals surface area contributed by atoms with Gasteiger partial charge in [0.15, 0.2) is 0 Å². The van der Waals surface area contributed by atoms with E-state index in [0.717, 1.165) is 5.69 Å². The van der Waals surface area contributed by atoms with Gasteiger partial charge in [-0.05, 0) is 43.3 Å². The smallest absolute Gasteiger partial charge is 0.251 e. The number of nitrogens with one attached hydrogen (secondary N) is 1. The summed E-state index contributed by atoms with van der Waals surface area (Å²) in [5.74, 6) is 0.610. The lowest BCUT2D eigenvalue weighted by atomic mass is 10.2. The Hall–Kier alpha value is -2.48. The Morgan fingerprint density at radius 3 is 2.65 bits per heavy atom. The summed E-state index contributed by atoms with van der Waals surface area (Å²) in [6.45, 7) is 5.78. The highest BCUT2D eigenvalue weighted by atomic mass is 32.2. The normalized spacial score (nSPS) is 12.3. The summed E-state index contributed by atoms with van der Waals surface area (Å²) in [6, 6.07) is 9.42. The first kappa shape index (κ1) is 15.4. The zero-order valence-electron chi connectivity index (χ0n) is 13.0. The van der Waals surface area contributed by atoms with Crippen molar-refractivity contribution in [3.05, 3.63) is 57.8 Å². The molecule has 3 aromatic rings. The summed E-state index contributed by atoms with van der Waals surface area (Å²) in [5, 5.41) is 12.4. The second-order valence-electron chi connectivity index (χ2n) is 5.24. The molecular formula is C15H16N6OS. The first-order valence-corrected chi connectivity index (χ1v) is 8.01. The van der Waals surface area contributed by atoms with Crippen molar-refractivity contribution in [2.75, 3.05) is 0 Å². The Kier molecular flexibility index (Phi) is 4.24. The van der Waals surface area contributed by atoms with E-state index in [2.05, 4.69) is 25.5 Å². The van der Waals surface area contributed by atoms with E-state index in [1.807, 2.05) is 38.1 Å². The van der Waals surface area contributed by atoms with Crippen LogP contribution in [0.3, 0.4) is 0 Å². The van der Waals surface area contributed by atoms with E-state index >= 15 is 0 Å². The number of aryl methyl sites for hydroxylation is 2. The highest BCUT2D eigenvalue weighted by Gasteiger charge is 2.16. The molecule has 0 bridgehead atoms. The van der Waals surface area contributed by atoms with Gasteiger partial charge in [-0.2, -0.15) is 4.68 Å². The molecule has 118 valence electrons. The van der Waals surface area contributed by atoms with Crippen LogP contribution >= 0.6 is 11.8 Å². The molecule has 0 aliphatic carbocycles. The summed E-state index contributed by atoms with van der Waals surface area (Å²) in [7, 11) is 0. The van der Waals surface area contributed by atoms with Crippen molar-refractivity contribution < 1.29 is 0 Å². The molecule has 2 aromatic heterocycles. The highest BCUT2D eigenvalue weighted by Crippen LogP contribution is 2.31. The first-order valence-electron chi connectivity index (χ1n) is 7.13. The van der Waals surface area contributed by atoms with Crippen molar-refractivity contribution in [2.45, 2.75) is 31.2 Å². The van der Waals surface area contributed by atoms with Crippen LogP contribution in [0.1, 0.15) is 29.3 Å². The fourth-order valence-corrected chi connectivity index (χ4v) is 2.97. The number of hydrogen-bond donors (Lipinski definition) is 1. The van der Waals surface area contributed by atoms with E-state index in [1.165, 1.54) is 23.4 Å². The van der Waals surface area contributed by atoms with Gasteiger partial charge in [0.1, 0.15) is 5.82 Å². The molecule has 0 spiro atoms. The third-order valence-electron chi connectivity index (χ3n) is 3.27. The molecule has 1 atom stereocenters. The number of thioether (sulfide) groups is 1. The quantitative estimate of drug-likeness (QED) is 0.739. The molecule has 1 N–H and O–H groups in total. The van der Waals surface area contributed by atoms with Crippen LogP contribution in [0.2, 0.25) is 0 Å². The largest absolute Gasteiger partial charge is 0.310 e. The molecule has 0 unspecified atom stereocenters. The second-order valence-corrected chi connectivity index (χ2v) is 6.55. The summed E-state index contributed by atoms with van der Waals surface area (Å²) in [6.07, 6.45) is 0. The molecule has 0 aliphatic rings. The molecule has 0 saturated carbocycles. The Bertz CT molecular complexity index is 870. The van der Waals surface area contributed by atoms with Gasteiger partial charge in [-0.1, -0.05) is 29.5 Å². The Morgan fingerprint density at radius 2 is 1.96 bits per heavy atom. The molecule has 1 aromatic carbocycles. The van der Waals surface area contributed by atoms with E-state index in [1.54, 1.807) is 11.6 Å². The maximum Gasteiger partial charge on any atom is 0.251 e. The number of nitrogens with zero attached hydrogens (tertiary/aromatic N) is 5. The van der Waals surface area contributed by atoms with Crippen LogP contribution in [0.4, 0.5) is 0 Å². The first-order chi connectivity index (χ1) is 11.0. The fourth-order valence-electron chi connectivity index (χ4n) is 2.11. The average Bonchev–Trinajstić information content (AvgIpc) is 2.95. The number of benzene rings is 1. The van der Waals surface area contributed by atoms with Crippen LogP contribution in [-0.2, 0) is 0 Å². The van der Waals surface area contributed by atoms with Gasteiger partial charge in [0.25, 0.3) is 5.56 Å². The number of H-pyrrole nitrogens is 1. The number of aromatic amines is 1. The Balaban J connectivity index is 1.87. The van der Waals surface area contributed by atoms with E-state index in [4.69, 9.17) is 0 Å². The van der Waals surface area contributed by atoms with Crippen LogP contribution in [0.15, 0.2) is 40.3 Å². The molecule has 0 aliphatic heterocycles. The van der Waals surface area contributed by atoms with E-state index in [-0.39, 0.29) is 10.8 Å². The third kappa shape index (κ3) is 3.48. The Morgan fingerprint density at radius 1 is 1.22 bits per heavy atom. The lowest BCUT2D eigenvalue weighted by Crippen LogP contribution is -2.12. The minimum absolute atomic E-state index is 0.0854. The molecule has 23 heavy (non-hydrogen) atoms. The van der Waals surface area contributed by atoms with E-state index < -0.39 is 0 Å². The topological polar surface area (TPSA) is 89.3 Å². The predicted molar refractivity (Wildman–Crippen MR) is 87.8 cm³/mol.